The minimum absolute atomic E-state index is 0.0143. The number of benzene rings is 1. The van der Waals surface area contributed by atoms with Crippen LogP contribution >= 0.6 is 0 Å². The molecule has 0 bridgehead atoms. The van der Waals surface area contributed by atoms with Crippen molar-refractivity contribution in [2.24, 2.45) is 11.8 Å². The Bertz CT molecular complexity index is 931. The molecule has 2 fully saturated rings. The monoisotopic (exact) mass is 540 g/mol. The first-order chi connectivity index (χ1) is 18.2. The van der Waals surface area contributed by atoms with Crippen LogP contribution in [0.25, 0.3) is 0 Å². The Morgan fingerprint density at radius 2 is 1.92 bits per heavy atom. The fraction of sp³-hybridized carbons (Fsp3) is 0.704. The van der Waals surface area contributed by atoms with E-state index in [4.69, 9.17) is 14.2 Å². The molecule has 2 heterocycles. The van der Waals surface area contributed by atoms with Crippen LogP contribution in [0.2, 0.25) is 0 Å². The van der Waals surface area contributed by atoms with E-state index in [0.717, 1.165) is 51.4 Å². The van der Waals surface area contributed by atoms with Gasteiger partial charge in [0.1, 0.15) is 12.3 Å². The molecule has 2 aliphatic rings. The van der Waals surface area contributed by atoms with Gasteiger partial charge in [0.2, 0.25) is 5.91 Å². The average Bonchev–Trinajstić information content (AvgIpc) is 2.91. The van der Waals surface area contributed by atoms with Crippen LogP contribution < -0.4 is 16.1 Å². The predicted octanol–water partition coefficient (Wildman–Crippen LogP) is 3.05. The van der Waals surface area contributed by atoms with E-state index in [2.05, 4.69) is 16.1 Å². The van der Waals surface area contributed by atoms with Crippen molar-refractivity contribution in [1.29, 1.82) is 0 Å². The highest BCUT2D eigenvalue weighted by atomic mass is 19.2. The smallest absolute Gasteiger partial charge is 0.408 e. The van der Waals surface area contributed by atoms with Gasteiger partial charge in [0, 0.05) is 38.1 Å². The third-order valence-corrected chi connectivity index (χ3v) is 7.52. The first-order valence-corrected chi connectivity index (χ1v) is 13.4. The number of hydrazine groups is 1. The molecule has 214 valence electrons. The van der Waals surface area contributed by atoms with Gasteiger partial charge in [-0.2, -0.15) is 0 Å². The maximum absolute atomic E-state index is 14.5. The first-order valence-electron chi connectivity index (χ1n) is 13.4. The number of piperidine rings is 1. The molecule has 0 radical (unpaired) electrons. The molecule has 3 N–H and O–H groups in total. The number of amides is 2. The van der Waals surface area contributed by atoms with E-state index in [9.17, 15) is 18.4 Å². The standard InChI is InChI=1S/C27H42F2N4O5/c1-17-7-8-22(28)24(29)21(17)15-23(32-27(35)36-4)38-16-20-6-5-11-33(30-3)25(20)26(34)31-18(2)14-19-9-12-37-13-10-19/h7-8,18-20,23,25,30H,5-6,9-16H2,1-4H3,(H,31,34)(H,32,35). The van der Waals surface area contributed by atoms with Gasteiger partial charge in [0.25, 0.3) is 0 Å². The molecule has 0 saturated carbocycles. The van der Waals surface area contributed by atoms with Crippen molar-refractivity contribution in [2.45, 2.75) is 70.7 Å². The Balaban J connectivity index is 1.68. The molecule has 11 heteroatoms. The first kappa shape index (κ1) is 30.2. The van der Waals surface area contributed by atoms with Gasteiger partial charge in [-0.1, -0.05) is 6.07 Å². The number of carbonyl (C=O) groups is 2. The summed E-state index contributed by atoms with van der Waals surface area (Å²) >= 11 is 0. The van der Waals surface area contributed by atoms with Gasteiger partial charge in [0.15, 0.2) is 11.6 Å². The van der Waals surface area contributed by atoms with Crippen LogP contribution in [-0.2, 0) is 25.4 Å². The van der Waals surface area contributed by atoms with Crippen molar-refractivity contribution in [3.8, 4) is 0 Å². The quantitative estimate of drug-likeness (QED) is 0.371. The summed E-state index contributed by atoms with van der Waals surface area (Å²) in [5.74, 6) is -1.68. The van der Waals surface area contributed by atoms with E-state index in [1.54, 1.807) is 14.0 Å². The molecule has 2 saturated heterocycles. The number of alkyl carbamates (subject to hydrolysis) is 1. The topological polar surface area (TPSA) is 101 Å². The van der Waals surface area contributed by atoms with Crippen molar-refractivity contribution >= 4 is 12.0 Å². The molecule has 0 spiro atoms. The number of rotatable bonds is 11. The van der Waals surface area contributed by atoms with Gasteiger partial charge in [-0.15, -0.1) is 0 Å². The largest absolute Gasteiger partial charge is 0.453 e. The normalized spacial score (nSPS) is 22.5. The van der Waals surface area contributed by atoms with Gasteiger partial charge in [-0.25, -0.2) is 18.6 Å². The Kier molecular flexibility index (Phi) is 11.7. The lowest BCUT2D eigenvalue weighted by Crippen LogP contribution is -2.60. The van der Waals surface area contributed by atoms with Gasteiger partial charge >= 0.3 is 6.09 Å². The van der Waals surface area contributed by atoms with Gasteiger partial charge in [0.05, 0.1) is 13.7 Å². The molecule has 1 aromatic carbocycles. The SMILES string of the molecule is CNN1CCCC(COC(Cc2c(C)ccc(F)c2F)NC(=O)OC)C1C(=O)NC(C)CC1CCOCC1. The van der Waals surface area contributed by atoms with E-state index >= 15 is 0 Å². The van der Waals surface area contributed by atoms with E-state index in [-0.39, 0.29) is 36.5 Å². The summed E-state index contributed by atoms with van der Waals surface area (Å²) in [6.07, 6.45) is 2.68. The van der Waals surface area contributed by atoms with Crippen LogP contribution in [0.1, 0.15) is 50.2 Å². The zero-order chi connectivity index (χ0) is 27.7. The van der Waals surface area contributed by atoms with Crippen molar-refractivity contribution in [3.63, 3.8) is 0 Å². The fourth-order valence-electron chi connectivity index (χ4n) is 5.43. The Morgan fingerprint density at radius 3 is 2.61 bits per heavy atom. The number of nitrogens with one attached hydrogen (secondary N) is 3. The molecular weight excluding hydrogens is 498 g/mol. The predicted molar refractivity (Wildman–Crippen MR) is 138 cm³/mol. The highest BCUT2D eigenvalue weighted by Gasteiger charge is 2.38. The number of hydrogen-bond donors (Lipinski definition) is 3. The zero-order valence-corrected chi connectivity index (χ0v) is 22.9. The number of aryl methyl sites for hydroxylation is 1. The second-order valence-corrected chi connectivity index (χ2v) is 10.3. The van der Waals surface area contributed by atoms with Crippen molar-refractivity contribution in [2.75, 3.05) is 40.5 Å². The minimum Gasteiger partial charge on any atom is -0.453 e. The lowest BCUT2D eigenvalue weighted by molar-refractivity contribution is -0.135. The van der Waals surface area contributed by atoms with Crippen LogP contribution in [0.3, 0.4) is 0 Å². The molecule has 38 heavy (non-hydrogen) atoms. The molecule has 4 atom stereocenters. The molecule has 2 aliphatic heterocycles. The Labute approximate surface area is 223 Å². The second kappa shape index (κ2) is 14.7. The number of nitrogens with zero attached hydrogens (tertiary/aromatic N) is 1. The van der Waals surface area contributed by atoms with Gasteiger partial charge < -0.3 is 19.5 Å². The van der Waals surface area contributed by atoms with E-state index in [1.165, 1.54) is 13.2 Å². The minimum atomic E-state index is -0.974. The Hall–Kier alpha value is -2.34. The number of methoxy groups -OCH3 is 1. The summed E-state index contributed by atoms with van der Waals surface area (Å²) in [5, 5.41) is 7.66. The van der Waals surface area contributed by atoms with E-state index in [0.29, 0.717) is 18.0 Å². The molecule has 4 unspecified atom stereocenters. The molecule has 9 nitrogen and oxygen atoms in total. The third-order valence-electron chi connectivity index (χ3n) is 7.52. The molecule has 0 aromatic heterocycles. The summed E-state index contributed by atoms with van der Waals surface area (Å²) in [6, 6.07) is 2.08. The number of hydrogen-bond acceptors (Lipinski definition) is 7. The maximum atomic E-state index is 14.5. The van der Waals surface area contributed by atoms with Crippen LogP contribution in [0, 0.1) is 30.4 Å². The third kappa shape index (κ3) is 8.33. The number of carbonyl (C=O) groups excluding carboxylic acids is 2. The highest BCUT2D eigenvalue weighted by Crippen LogP contribution is 2.26. The van der Waals surface area contributed by atoms with Crippen LogP contribution in [0.15, 0.2) is 12.1 Å². The van der Waals surface area contributed by atoms with Crippen molar-refractivity contribution < 1.29 is 32.6 Å². The van der Waals surface area contributed by atoms with Crippen molar-refractivity contribution in [1.82, 2.24) is 21.1 Å². The summed E-state index contributed by atoms with van der Waals surface area (Å²) in [4.78, 5) is 25.4. The summed E-state index contributed by atoms with van der Waals surface area (Å²) in [7, 11) is 3.00. The van der Waals surface area contributed by atoms with Gasteiger partial charge in [-0.05, 0) is 76.1 Å². The van der Waals surface area contributed by atoms with Crippen LogP contribution in [-0.4, -0.2) is 75.8 Å². The summed E-state index contributed by atoms with van der Waals surface area (Å²) in [5.41, 5.74) is 3.78. The lowest BCUT2D eigenvalue weighted by atomic mass is 9.89. The van der Waals surface area contributed by atoms with Crippen LogP contribution in [0.5, 0.6) is 0 Å². The fourth-order valence-corrected chi connectivity index (χ4v) is 5.43. The van der Waals surface area contributed by atoms with Crippen molar-refractivity contribution in [3.05, 3.63) is 34.9 Å². The Morgan fingerprint density at radius 1 is 1.18 bits per heavy atom. The zero-order valence-electron chi connectivity index (χ0n) is 22.9. The summed E-state index contributed by atoms with van der Waals surface area (Å²) in [6.45, 7) is 6.06. The molecule has 0 aliphatic carbocycles. The number of halogens is 2. The van der Waals surface area contributed by atoms with Gasteiger partial charge in [-0.3, -0.25) is 15.5 Å². The summed E-state index contributed by atoms with van der Waals surface area (Å²) < 4.78 is 44.6. The molecule has 1 aromatic rings. The molecular formula is C27H42F2N4O5. The van der Waals surface area contributed by atoms with E-state index < -0.39 is 30.0 Å². The maximum Gasteiger partial charge on any atom is 0.408 e. The number of ether oxygens (including phenoxy) is 3. The average molecular weight is 541 g/mol. The highest BCUT2D eigenvalue weighted by molar-refractivity contribution is 5.82. The van der Waals surface area contributed by atoms with E-state index in [1.807, 2.05) is 11.9 Å². The molecule has 2 amide bonds. The lowest BCUT2D eigenvalue weighted by Gasteiger charge is -2.40. The second-order valence-electron chi connectivity index (χ2n) is 10.3. The van der Waals surface area contributed by atoms with Crippen LogP contribution in [0.4, 0.5) is 13.6 Å². The molecule has 3 rings (SSSR count).